The molecule has 0 fully saturated rings. The van der Waals surface area contributed by atoms with Crippen molar-refractivity contribution in [3.63, 3.8) is 0 Å². The minimum Gasteiger partial charge on any atom is -0.497 e. The van der Waals surface area contributed by atoms with Gasteiger partial charge >= 0.3 is 5.97 Å². The molecule has 0 spiro atoms. The number of carbonyl (C=O) groups is 2. The molecule has 2 aromatic carbocycles. The molecule has 1 aromatic heterocycles. The lowest BCUT2D eigenvalue weighted by atomic mass is 9.98. The molecule has 31 heavy (non-hydrogen) atoms. The average Bonchev–Trinajstić information content (AvgIpc) is 3.32. The fourth-order valence-corrected chi connectivity index (χ4v) is 4.14. The highest BCUT2D eigenvalue weighted by atomic mass is 32.1. The molecule has 2 N–H and O–H groups in total. The predicted molar refractivity (Wildman–Crippen MR) is 125 cm³/mol. The summed E-state index contributed by atoms with van der Waals surface area (Å²) in [5.74, 6) is -0.844. The summed E-state index contributed by atoms with van der Waals surface area (Å²) in [6.07, 6.45) is 2.38. The lowest BCUT2D eigenvalue weighted by molar-refractivity contribution is -0.142. The molecule has 3 rings (SSSR count). The first-order valence-corrected chi connectivity index (χ1v) is 11.3. The van der Waals surface area contributed by atoms with E-state index in [0.29, 0.717) is 17.9 Å². The van der Waals surface area contributed by atoms with Crippen molar-refractivity contribution < 1.29 is 19.4 Å². The average molecular weight is 457 g/mol. The number of nitrogens with zero attached hydrogens (tertiary/aromatic N) is 1. The minimum atomic E-state index is -1.07. The smallest absolute Gasteiger partial charge is 0.326 e. The number of thiol groups is 1. The monoisotopic (exact) mass is 456 g/mol. The van der Waals surface area contributed by atoms with Gasteiger partial charge in [-0.1, -0.05) is 36.4 Å². The van der Waals surface area contributed by atoms with Crippen LogP contribution < -0.4 is 10.1 Å². The van der Waals surface area contributed by atoms with Gasteiger partial charge in [0.25, 0.3) is 0 Å². The molecular weight excluding hydrogens is 432 g/mol. The quantitative estimate of drug-likeness (QED) is 0.405. The van der Waals surface area contributed by atoms with Gasteiger partial charge < -0.3 is 15.2 Å². The largest absolute Gasteiger partial charge is 0.497 e. The molecule has 8 heteroatoms. The van der Waals surface area contributed by atoms with E-state index in [1.165, 1.54) is 0 Å². The van der Waals surface area contributed by atoms with Crippen molar-refractivity contribution in [3.8, 4) is 16.3 Å². The van der Waals surface area contributed by atoms with Crippen LogP contribution in [0.1, 0.15) is 11.1 Å². The van der Waals surface area contributed by atoms with Gasteiger partial charge in [-0.05, 0) is 29.7 Å². The maximum absolute atomic E-state index is 12.8. The van der Waals surface area contributed by atoms with Gasteiger partial charge in [-0.15, -0.1) is 11.3 Å². The van der Waals surface area contributed by atoms with Crippen molar-refractivity contribution in [2.75, 3.05) is 12.9 Å². The third kappa shape index (κ3) is 6.32. The van der Waals surface area contributed by atoms with E-state index in [4.69, 9.17) is 4.74 Å². The van der Waals surface area contributed by atoms with E-state index in [1.54, 1.807) is 24.6 Å². The number of carbonyl (C=O) groups excluding carboxylic acids is 1. The summed E-state index contributed by atoms with van der Waals surface area (Å²) in [4.78, 5) is 28.8. The lowest BCUT2D eigenvalue weighted by Crippen LogP contribution is -2.45. The van der Waals surface area contributed by atoms with Crippen LogP contribution in [0.25, 0.3) is 10.6 Å². The fraction of sp³-hybridized carbons (Fsp3) is 0.261. The Morgan fingerprint density at radius 1 is 1.16 bits per heavy atom. The number of ether oxygens (including phenoxy) is 1. The Hall–Kier alpha value is -2.84. The number of benzene rings is 2. The van der Waals surface area contributed by atoms with Crippen LogP contribution >= 0.6 is 24.0 Å². The number of methoxy groups -OCH3 is 1. The Bertz CT molecular complexity index is 1010. The molecule has 0 aliphatic carbocycles. The number of thiazole rings is 1. The first-order chi connectivity index (χ1) is 15.0. The Morgan fingerprint density at radius 2 is 1.94 bits per heavy atom. The molecule has 162 valence electrons. The Balaban J connectivity index is 1.65. The SMILES string of the molecule is COc1cccc(CC(CS)C(=O)N[C@@H](Cc2ccc(-c3nccs3)cc2)C(=O)O)c1. The summed E-state index contributed by atoms with van der Waals surface area (Å²) >= 11 is 5.84. The number of aromatic nitrogens is 1. The van der Waals surface area contributed by atoms with Crippen LogP contribution in [0.3, 0.4) is 0 Å². The first-order valence-electron chi connectivity index (χ1n) is 9.76. The van der Waals surface area contributed by atoms with Crippen molar-refractivity contribution >= 4 is 35.8 Å². The van der Waals surface area contributed by atoms with Crippen molar-refractivity contribution in [3.05, 3.63) is 71.2 Å². The Labute approximate surface area is 190 Å². The number of hydrogen-bond donors (Lipinski definition) is 3. The molecule has 1 unspecified atom stereocenters. The molecule has 0 aliphatic heterocycles. The van der Waals surface area contributed by atoms with E-state index in [1.807, 2.05) is 53.9 Å². The van der Waals surface area contributed by atoms with Crippen molar-refractivity contribution in [2.24, 2.45) is 5.92 Å². The summed E-state index contributed by atoms with van der Waals surface area (Å²) < 4.78 is 5.22. The molecule has 0 radical (unpaired) electrons. The summed E-state index contributed by atoms with van der Waals surface area (Å²) in [5.41, 5.74) is 2.73. The van der Waals surface area contributed by atoms with Gasteiger partial charge in [0.2, 0.25) is 5.91 Å². The summed E-state index contributed by atoms with van der Waals surface area (Å²) in [6, 6.07) is 14.0. The van der Waals surface area contributed by atoms with E-state index in [-0.39, 0.29) is 12.3 Å². The molecule has 2 atom stereocenters. The number of amides is 1. The van der Waals surface area contributed by atoms with Crippen LogP contribution in [-0.2, 0) is 22.4 Å². The van der Waals surface area contributed by atoms with E-state index >= 15 is 0 Å². The highest BCUT2D eigenvalue weighted by Crippen LogP contribution is 2.22. The summed E-state index contributed by atoms with van der Waals surface area (Å²) in [7, 11) is 1.59. The standard InChI is InChI=1S/C23H24N2O4S2/c1-29-19-4-2-3-16(12-19)11-18(14-30)21(26)25-20(23(27)28)13-15-5-7-17(8-6-15)22-24-9-10-31-22/h2-10,12,18,20,30H,11,13-14H2,1H3,(H,25,26)(H,27,28)/t18?,20-/m0/s1. The highest BCUT2D eigenvalue weighted by Gasteiger charge is 2.25. The maximum Gasteiger partial charge on any atom is 0.326 e. The van der Waals surface area contributed by atoms with Crippen molar-refractivity contribution in [1.82, 2.24) is 10.3 Å². The number of hydrogen-bond acceptors (Lipinski definition) is 6. The normalized spacial score (nSPS) is 12.7. The molecule has 0 saturated heterocycles. The lowest BCUT2D eigenvalue weighted by Gasteiger charge is -2.20. The van der Waals surface area contributed by atoms with E-state index < -0.39 is 17.9 Å². The van der Waals surface area contributed by atoms with Gasteiger partial charge in [-0.3, -0.25) is 4.79 Å². The van der Waals surface area contributed by atoms with Gasteiger partial charge in [0, 0.05) is 29.3 Å². The molecule has 1 amide bonds. The summed E-state index contributed by atoms with van der Waals surface area (Å²) in [6.45, 7) is 0. The van der Waals surface area contributed by atoms with Crippen LogP contribution in [0.5, 0.6) is 5.75 Å². The second-order valence-electron chi connectivity index (χ2n) is 7.07. The second-order valence-corrected chi connectivity index (χ2v) is 8.33. The first kappa shape index (κ1) is 22.8. The number of aliphatic carboxylic acids is 1. The summed E-state index contributed by atoms with van der Waals surface area (Å²) in [5, 5.41) is 15.1. The van der Waals surface area contributed by atoms with Crippen LogP contribution in [0.2, 0.25) is 0 Å². The van der Waals surface area contributed by atoms with Crippen LogP contribution in [-0.4, -0.2) is 40.9 Å². The van der Waals surface area contributed by atoms with Crippen molar-refractivity contribution in [2.45, 2.75) is 18.9 Å². The zero-order valence-electron chi connectivity index (χ0n) is 17.0. The van der Waals surface area contributed by atoms with Gasteiger partial charge in [0.1, 0.15) is 16.8 Å². The molecule has 0 bridgehead atoms. The highest BCUT2D eigenvalue weighted by molar-refractivity contribution is 7.80. The predicted octanol–water partition coefficient (Wildman–Crippen LogP) is 3.72. The zero-order chi connectivity index (χ0) is 22.2. The minimum absolute atomic E-state index is 0.192. The molecule has 6 nitrogen and oxygen atoms in total. The molecule has 0 saturated carbocycles. The van der Waals surface area contributed by atoms with Crippen molar-refractivity contribution in [1.29, 1.82) is 0 Å². The molecule has 3 aromatic rings. The second kappa shape index (κ2) is 11.0. The Morgan fingerprint density at radius 3 is 2.55 bits per heavy atom. The maximum atomic E-state index is 12.8. The third-order valence-electron chi connectivity index (χ3n) is 4.90. The van der Waals surface area contributed by atoms with E-state index in [9.17, 15) is 14.7 Å². The fourth-order valence-electron chi connectivity index (χ4n) is 3.20. The number of nitrogens with one attached hydrogen (secondary N) is 1. The number of carboxylic acid groups (broad SMARTS) is 1. The van der Waals surface area contributed by atoms with Crippen LogP contribution in [0.15, 0.2) is 60.1 Å². The molecule has 0 aliphatic rings. The third-order valence-corrected chi connectivity index (χ3v) is 6.16. The number of rotatable bonds is 10. The molecular formula is C23H24N2O4S2. The van der Waals surface area contributed by atoms with Crippen LogP contribution in [0, 0.1) is 5.92 Å². The number of carboxylic acids is 1. The zero-order valence-corrected chi connectivity index (χ0v) is 18.7. The Kier molecular flexibility index (Phi) is 8.08. The van der Waals surface area contributed by atoms with Gasteiger partial charge in [0.15, 0.2) is 0 Å². The van der Waals surface area contributed by atoms with E-state index in [2.05, 4.69) is 22.9 Å². The van der Waals surface area contributed by atoms with Gasteiger partial charge in [-0.2, -0.15) is 12.6 Å². The molecule has 1 heterocycles. The van der Waals surface area contributed by atoms with Crippen LogP contribution in [0.4, 0.5) is 0 Å². The van der Waals surface area contributed by atoms with E-state index in [0.717, 1.165) is 21.7 Å². The van der Waals surface area contributed by atoms with Gasteiger partial charge in [0.05, 0.1) is 13.0 Å². The van der Waals surface area contributed by atoms with Gasteiger partial charge in [-0.25, -0.2) is 9.78 Å². The topological polar surface area (TPSA) is 88.5 Å².